The maximum Gasteiger partial charge on any atom is 0.360 e. The molecule has 10 nitrogen and oxygen atoms in total. The first-order chi connectivity index (χ1) is 19.8. The van der Waals surface area contributed by atoms with E-state index in [9.17, 15) is 18.0 Å². The summed E-state index contributed by atoms with van der Waals surface area (Å²) < 4.78 is 55.0. The van der Waals surface area contributed by atoms with Gasteiger partial charge in [0.05, 0.1) is 30.6 Å². The third kappa shape index (κ3) is 7.41. The molecule has 2 heterocycles. The second kappa shape index (κ2) is 12.7. The van der Waals surface area contributed by atoms with E-state index in [0.29, 0.717) is 29.5 Å². The molecule has 0 amide bonds. The summed E-state index contributed by atoms with van der Waals surface area (Å²) in [4.78, 5) is 31.0. The van der Waals surface area contributed by atoms with Gasteiger partial charge in [-0.05, 0) is 68.4 Å². The standard InChI is InChI=1S/C28H31FN4O6S3/c1-28(2,3)39-26(35)24-25(41-17-31-24)33(15-18-5-8-21(38-4)9-6-18)42(36,37)22-10-7-19(23(29)14-22)13-20(34)16-32-12-11-30-27(32)40/h5-10,14,17H,11-13,15-16H2,1-4H3,(H,30,40). The number of thiocarbonyl (C=S) groups is 1. The summed E-state index contributed by atoms with van der Waals surface area (Å²) in [5, 5.41) is 3.45. The van der Waals surface area contributed by atoms with Gasteiger partial charge in [-0.1, -0.05) is 18.2 Å². The predicted octanol–water partition coefficient (Wildman–Crippen LogP) is 3.94. The molecule has 42 heavy (non-hydrogen) atoms. The van der Waals surface area contributed by atoms with Crippen LogP contribution in [-0.4, -0.2) is 67.5 Å². The highest BCUT2D eigenvalue weighted by atomic mass is 32.2. The van der Waals surface area contributed by atoms with E-state index < -0.39 is 27.4 Å². The minimum absolute atomic E-state index is 0.0231. The largest absolute Gasteiger partial charge is 0.497 e. The van der Waals surface area contributed by atoms with E-state index in [0.717, 1.165) is 21.7 Å². The zero-order valence-corrected chi connectivity index (χ0v) is 26.0. The number of rotatable bonds is 11. The number of sulfonamides is 1. The molecule has 0 aliphatic carbocycles. The first-order valence-electron chi connectivity index (χ1n) is 12.9. The third-order valence-corrected chi connectivity index (χ3v) is 9.27. The van der Waals surface area contributed by atoms with Gasteiger partial charge in [-0.3, -0.25) is 9.10 Å². The molecule has 3 aromatic rings. The molecule has 1 saturated heterocycles. The van der Waals surface area contributed by atoms with Crippen molar-refractivity contribution in [3.63, 3.8) is 0 Å². The Hall–Kier alpha value is -3.62. The van der Waals surface area contributed by atoms with E-state index in [2.05, 4.69) is 10.3 Å². The molecule has 0 spiro atoms. The van der Waals surface area contributed by atoms with Crippen LogP contribution in [0.1, 0.15) is 42.4 Å². The zero-order valence-electron chi connectivity index (χ0n) is 23.5. The lowest BCUT2D eigenvalue weighted by molar-refractivity contribution is -0.118. The van der Waals surface area contributed by atoms with Crippen molar-refractivity contribution in [1.82, 2.24) is 15.2 Å². The molecule has 0 atom stereocenters. The first kappa shape index (κ1) is 31.3. The molecule has 0 bridgehead atoms. The zero-order chi connectivity index (χ0) is 30.7. The molecule has 1 fully saturated rings. The molecule has 0 unspecified atom stereocenters. The van der Waals surface area contributed by atoms with Crippen LogP contribution in [0.2, 0.25) is 0 Å². The number of thiazole rings is 1. The summed E-state index contributed by atoms with van der Waals surface area (Å²) in [6.45, 7) is 6.12. The maximum absolute atomic E-state index is 15.3. The van der Waals surface area contributed by atoms with Gasteiger partial charge in [0.2, 0.25) is 0 Å². The highest BCUT2D eigenvalue weighted by Gasteiger charge is 2.33. The Morgan fingerprint density at radius 1 is 1.19 bits per heavy atom. The lowest BCUT2D eigenvalue weighted by Crippen LogP contribution is -2.33. The van der Waals surface area contributed by atoms with E-state index in [1.54, 1.807) is 49.9 Å². The van der Waals surface area contributed by atoms with Crippen molar-refractivity contribution in [2.45, 2.75) is 44.2 Å². The fourth-order valence-electron chi connectivity index (χ4n) is 4.15. The van der Waals surface area contributed by atoms with Crippen molar-refractivity contribution in [3.05, 3.63) is 70.6 Å². The van der Waals surface area contributed by atoms with E-state index in [1.165, 1.54) is 24.8 Å². The van der Waals surface area contributed by atoms with Crippen LogP contribution in [0.3, 0.4) is 0 Å². The number of aromatic nitrogens is 1. The van der Waals surface area contributed by atoms with Crippen LogP contribution in [0.5, 0.6) is 5.75 Å². The number of anilines is 1. The summed E-state index contributed by atoms with van der Waals surface area (Å²) in [5.41, 5.74) is 0.974. The van der Waals surface area contributed by atoms with Crippen LogP contribution in [0.15, 0.2) is 52.9 Å². The van der Waals surface area contributed by atoms with Gasteiger partial charge in [-0.25, -0.2) is 22.6 Å². The van der Waals surface area contributed by atoms with Gasteiger partial charge in [-0.15, -0.1) is 11.3 Å². The van der Waals surface area contributed by atoms with Crippen LogP contribution >= 0.6 is 23.6 Å². The number of nitrogens with zero attached hydrogens (tertiary/aromatic N) is 3. The minimum atomic E-state index is -4.43. The summed E-state index contributed by atoms with van der Waals surface area (Å²) in [7, 11) is -2.91. The van der Waals surface area contributed by atoms with Crippen molar-refractivity contribution >= 4 is 55.4 Å². The third-order valence-electron chi connectivity index (χ3n) is 6.17. The Balaban J connectivity index is 1.66. The molecule has 14 heteroatoms. The van der Waals surface area contributed by atoms with Crippen LogP contribution in [-0.2, 0) is 32.5 Å². The van der Waals surface area contributed by atoms with Crippen molar-refractivity contribution in [3.8, 4) is 5.75 Å². The Morgan fingerprint density at radius 3 is 2.50 bits per heavy atom. The number of carbonyl (C=O) groups is 2. The second-order valence-corrected chi connectivity index (χ2v) is 13.6. The first-order valence-corrected chi connectivity index (χ1v) is 15.7. The number of nitrogens with one attached hydrogen (secondary N) is 1. The lowest BCUT2D eigenvalue weighted by atomic mass is 10.1. The average Bonchev–Trinajstić information content (AvgIpc) is 3.57. The van der Waals surface area contributed by atoms with Gasteiger partial charge in [-0.2, -0.15) is 0 Å². The maximum atomic E-state index is 15.3. The predicted molar refractivity (Wildman–Crippen MR) is 161 cm³/mol. The van der Waals surface area contributed by atoms with Crippen LogP contribution in [0, 0.1) is 5.82 Å². The monoisotopic (exact) mass is 634 g/mol. The lowest BCUT2D eigenvalue weighted by Gasteiger charge is -2.25. The number of esters is 1. The quantitative estimate of drug-likeness (QED) is 0.246. The molecule has 0 radical (unpaired) electrons. The van der Waals surface area contributed by atoms with Gasteiger partial charge < -0.3 is 19.7 Å². The van der Waals surface area contributed by atoms with Crippen molar-refractivity contribution in [1.29, 1.82) is 0 Å². The molecule has 1 aliphatic rings. The number of ketones is 1. The van der Waals surface area contributed by atoms with Gasteiger partial charge in [0.15, 0.2) is 16.6 Å². The minimum Gasteiger partial charge on any atom is -0.497 e. The molecule has 0 saturated carbocycles. The molecule has 4 rings (SSSR count). The number of hydrogen-bond donors (Lipinski definition) is 1. The number of ether oxygens (including phenoxy) is 2. The van der Waals surface area contributed by atoms with Crippen LogP contribution in [0.25, 0.3) is 0 Å². The van der Waals surface area contributed by atoms with Gasteiger partial charge >= 0.3 is 5.97 Å². The Bertz CT molecular complexity index is 1590. The Labute approximate surface area is 253 Å². The Kier molecular flexibility index (Phi) is 9.48. The number of benzene rings is 2. The fourth-order valence-corrected chi connectivity index (χ4v) is 6.89. The van der Waals surface area contributed by atoms with E-state index in [1.807, 2.05) is 0 Å². The molecule has 1 aromatic heterocycles. The van der Waals surface area contributed by atoms with Gasteiger partial charge in [0.1, 0.15) is 22.2 Å². The van der Waals surface area contributed by atoms with E-state index in [4.69, 9.17) is 21.7 Å². The normalized spacial score (nSPS) is 13.5. The van der Waals surface area contributed by atoms with Crippen molar-refractivity contribution < 1.29 is 31.9 Å². The smallest absolute Gasteiger partial charge is 0.360 e. The molecule has 1 aliphatic heterocycles. The molecular formula is C28H31FN4O6S3. The van der Waals surface area contributed by atoms with Gasteiger partial charge in [0, 0.05) is 19.5 Å². The topological polar surface area (TPSA) is 118 Å². The Morgan fingerprint density at radius 2 is 1.90 bits per heavy atom. The summed E-state index contributed by atoms with van der Waals surface area (Å²) in [5.74, 6) is -1.31. The summed E-state index contributed by atoms with van der Waals surface area (Å²) in [6.07, 6.45) is -0.224. The van der Waals surface area contributed by atoms with Crippen LogP contribution < -0.4 is 14.4 Å². The molecule has 1 N–H and O–H groups in total. The number of methoxy groups -OCH3 is 1. The van der Waals surface area contributed by atoms with E-state index in [-0.39, 0.29) is 46.4 Å². The van der Waals surface area contributed by atoms with Crippen molar-refractivity contribution in [2.75, 3.05) is 31.0 Å². The SMILES string of the molecule is COc1ccc(CN(c2scnc2C(=O)OC(C)(C)C)S(=O)(=O)c2ccc(CC(=O)CN3CCNC3=S)c(F)c2)cc1. The number of Topliss-reactive ketones (excluding diaryl/α,β-unsaturated/α-hetero) is 1. The number of halogens is 1. The number of carbonyl (C=O) groups excluding carboxylic acids is 2. The second-order valence-electron chi connectivity index (χ2n) is 10.5. The van der Waals surface area contributed by atoms with E-state index >= 15 is 4.39 Å². The van der Waals surface area contributed by atoms with Crippen LogP contribution in [0.4, 0.5) is 9.39 Å². The van der Waals surface area contributed by atoms with Gasteiger partial charge in [0.25, 0.3) is 10.0 Å². The highest BCUT2D eigenvalue weighted by molar-refractivity contribution is 7.93. The number of hydrogen-bond acceptors (Lipinski definition) is 9. The average molecular weight is 635 g/mol. The summed E-state index contributed by atoms with van der Waals surface area (Å²) in [6, 6.07) is 10.1. The molecule has 224 valence electrons. The van der Waals surface area contributed by atoms with Crippen molar-refractivity contribution in [2.24, 2.45) is 0 Å². The fraction of sp³-hybridized carbons (Fsp3) is 0.357. The summed E-state index contributed by atoms with van der Waals surface area (Å²) >= 11 is 6.10. The highest BCUT2D eigenvalue weighted by Crippen LogP contribution is 2.34. The molecule has 2 aromatic carbocycles. The molecular weight excluding hydrogens is 604 g/mol.